The second kappa shape index (κ2) is 6.33. The summed E-state index contributed by atoms with van der Waals surface area (Å²) in [6.07, 6.45) is 4.55. The molecule has 1 aliphatic rings. The Labute approximate surface area is 134 Å². The van der Waals surface area contributed by atoms with Crippen molar-refractivity contribution in [2.45, 2.75) is 39.5 Å². The first-order valence-corrected chi connectivity index (χ1v) is 8.37. The normalized spacial score (nSPS) is 18.1. The van der Waals surface area contributed by atoms with Crippen molar-refractivity contribution in [3.05, 3.63) is 27.3 Å². The molecule has 1 saturated heterocycles. The summed E-state index contributed by atoms with van der Waals surface area (Å²) >= 11 is 2.06. The third-order valence-corrected chi connectivity index (χ3v) is 5.72. The van der Waals surface area contributed by atoms with Crippen molar-refractivity contribution in [1.29, 1.82) is 0 Å². The molecule has 0 atom stereocenters. The highest BCUT2D eigenvalue weighted by molar-refractivity contribution is 14.1. The number of carbonyl (C=O) groups excluding carboxylic acids is 1. The van der Waals surface area contributed by atoms with Gasteiger partial charge in [0.2, 0.25) is 0 Å². The summed E-state index contributed by atoms with van der Waals surface area (Å²) < 4.78 is 0.772. The molecule has 0 spiro atoms. The van der Waals surface area contributed by atoms with E-state index < -0.39 is 0 Å². The van der Waals surface area contributed by atoms with Gasteiger partial charge < -0.3 is 10.0 Å². The smallest absolute Gasteiger partial charge is 0.253 e. The molecule has 1 amide bonds. The summed E-state index contributed by atoms with van der Waals surface area (Å²) in [7, 11) is 0. The van der Waals surface area contributed by atoms with Crippen LogP contribution in [0.5, 0.6) is 5.75 Å². The van der Waals surface area contributed by atoms with Gasteiger partial charge in [0.1, 0.15) is 5.75 Å². The lowest BCUT2D eigenvalue weighted by atomic mass is 9.74. The van der Waals surface area contributed by atoms with Gasteiger partial charge in [-0.05, 0) is 59.0 Å². The van der Waals surface area contributed by atoms with Gasteiger partial charge >= 0.3 is 0 Å². The quantitative estimate of drug-likeness (QED) is 0.796. The van der Waals surface area contributed by atoms with E-state index in [4.69, 9.17) is 0 Å². The van der Waals surface area contributed by atoms with Gasteiger partial charge in [-0.25, -0.2) is 0 Å². The summed E-state index contributed by atoms with van der Waals surface area (Å²) in [5, 5.41) is 9.73. The van der Waals surface area contributed by atoms with E-state index in [-0.39, 0.29) is 11.7 Å². The van der Waals surface area contributed by atoms with E-state index in [0.717, 1.165) is 29.5 Å². The number of likely N-dealkylation sites (tertiary alicyclic amines) is 1. The summed E-state index contributed by atoms with van der Waals surface area (Å²) in [6.45, 7) is 6.15. The first-order chi connectivity index (χ1) is 9.51. The van der Waals surface area contributed by atoms with Crippen molar-refractivity contribution in [3.8, 4) is 5.75 Å². The highest BCUT2D eigenvalue weighted by Crippen LogP contribution is 2.38. The summed E-state index contributed by atoms with van der Waals surface area (Å²) in [4.78, 5) is 14.4. The minimum Gasteiger partial charge on any atom is -0.507 e. The number of carbonyl (C=O) groups is 1. The molecule has 1 aromatic carbocycles. The largest absolute Gasteiger partial charge is 0.507 e. The van der Waals surface area contributed by atoms with Crippen molar-refractivity contribution in [3.63, 3.8) is 0 Å². The molecule has 20 heavy (non-hydrogen) atoms. The fourth-order valence-electron chi connectivity index (χ4n) is 2.97. The van der Waals surface area contributed by atoms with Gasteiger partial charge in [-0.3, -0.25) is 4.79 Å². The van der Waals surface area contributed by atoms with E-state index in [2.05, 4.69) is 36.4 Å². The van der Waals surface area contributed by atoms with Crippen LogP contribution >= 0.6 is 22.6 Å². The van der Waals surface area contributed by atoms with Gasteiger partial charge in [0.15, 0.2) is 0 Å². The number of phenols is 1. The molecule has 0 aromatic heterocycles. The van der Waals surface area contributed by atoms with Crippen molar-refractivity contribution in [1.82, 2.24) is 4.90 Å². The van der Waals surface area contributed by atoms with Gasteiger partial charge in [-0.1, -0.05) is 26.7 Å². The molecule has 0 bridgehead atoms. The molecule has 4 heteroatoms. The van der Waals surface area contributed by atoms with Crippen molar-refractivity contribution >= 4 is 28.5 Å². The molecule has 110 valence electrons. The second-order valence-electron chi connectivity index (χ2n) is 5.67. The lowest BCUT2D eigenvalue weighted by molar-refractivity contribution is 0.0557. The Hall–Kier alpha value is -0.780. The minimum atomic E-state index is 0.0394. The highest BCUT2D eigenvalue weighted by atomic mass is 127. The monoisotopic (exact) mass is 387 g/mol. The molecule has 1 heterocycles. The molecule has 0 radical (unpaired) electrons. The van der Waals surface area contributed by atoms with Gasteiger partial charge in [-0.2, -0.15) is 0 Å². The molecule has 2 rings (SSSR count). The molecule has 1 fully saturated rings. The number of aromatic hydroxyl groups is 1. The van der Waals surface area contributed by atoms with Crippen LogP contribution < -0.4 is 0 Å². The maximum absolute atomic E-state index is 12.5. The third kappa shape index (κ3) is 3.10. The third-order valence-electron chi connectivity index (χ3n) is 4.80. The van der Waals surface area contributed by atoms with Crippen LogP contribution in [0.1, 0.15) is 49.9 Å². The van der Waals surface area contributed by atoms with Crippen LogP contribution in [0, 0.1) is 8.99 Å². The summed E-state index contributed by atoms with van der Waals surface area (Å²) in [6, 6.07) is 5.16. The molecule has 0 aliphatic carbocycles. The van der Waals surface area contributed by atoms with E-state index in [0.29, 0.717) is 11.0 Å². The van der Waals surface area contributed by atoms with E-state index >= 15 is 0 Å². The Morgan fingerprint density at radius 3 is 2.40 bits per heavy atom. The predicted octanol–water partition coefficient (Wildman–Crippen LogP) is 4.04. The van der Waals surface area contributed by atoms with Gasteiger partial charge in [-0.15, -0.1) is 0 Å². The van der Waals surface area contributed by atoms with E-state index in [1.807, 2.05) is 4.90 Å². The zero-order valence-corrected chi connectivity index (χ0v) is 14.3. The maximum Gasteiger partial charge on any atom is 0.253 e. The number of halogens is 1. The fourth-order valence-corrected chi connectivity index (χ4v) is 3.31. The first kappa shape index (κ1) is 15.6. The van der Waals surface area contributed by atoms with Gasteiger partial charge in [0.05, 0.1) is 3.57 Å². The number of phenolic OH excluding ortho intramolecular Hbond substituents is 1. The lowest BCUT2D eigenvalue weighted by Crippen LogP contribution is -2.42. The number of rotatable bonds is 3. The zero-order valence-electron chi connectivity index (χ0n) is 12.2. The number of hydrogen-bond acceptors (Lipinski definition) is 2. The Balaban J connectivity index is 2.06. The van der Waals surface area contributed by atoms with Crippen LogP contribution in [0.4, 0.5) is 0 Å². The van der Waals surface area contributed by atoms with Gasteiger partial charge in [0.25, 0.3) is 5.91 Å². The summed E-state index contributed by atoms with van der Waals surface area (Å²) in [5.41, 5.74) is 1.01. The molecule has 1 aromatic rings. The van der Waals surface area contributed by atoms with Crippen LogP contribution in [0.3, 0.4) is 0 Å². The number of amides is 1. The fraction of sp³-hybridized carbons (Fsp3) is 0.562. The molecule has 3 nitrogen and oxygen atoms in total. The number of piperidine rings is 1. The van der Waals surface area contributed by atoms with Crippen LogP contribution in [0.25, 0.3) is 0 Å². The molecule has 1 aliphatic heterocycles. The second-order valence-corrected chi connectivity index (χ2v) is 6.83. The van der Waals surface area contributed by atoms with Crippen molar-refractivity contribution < 1.29 is 9.90 Å². The lowest BCUT2D eigenvalue weighted by Gasteiger charge is -2.41. The zero-order chi connectivity index (χ0) is 14.8. The maximum atomic E-state index is 12.5. The van der Waals surface area contributed by atoms with Crippen LogP contribution in [-0.4, -0.2) is 29.0 Å². The van der Waals surface area contributed by atoms with Crippen LogP contribution in [0.2, 0.25) is 0 Å². The van der Waals surface area contributed by atoms with Crippen molar-refractivity contribution in [2.24, 2.45) is 5.41 Å². The van der Waals surface area contributed by atoms with Gasteiger partial charge in [0, 0.05) is 18.7 Å². The topological polar surface area (TPSA) is 40.5 Å². The molecule has 0 saturated carbocycles. The summed E-state index contributed by atoms with van der Waals surface area (Å²) in [5.74, 6) is 0.224. The number of nitrogens with zero attached hydrogens (tertiary/aromatic N) is 1. The van der Waals surface area contributed by atoms with E-state index in [1.54, 1.807) is 18.2 Å². The number of hydrogen-bond donors (Lipinski definition) is 1. The van der Waals surface area contributed by atoms with Crippen LogP contribution in [0.15, 0.2) is 18.2 Å². The van der Waals surface area contributed by atoms with Crippen molar-refractivity contribution in [2.75, 3.05) is 13.1 Å². The Morgan fingerprint density at radius 2 is 1.90 bits per heavy atom. The average Bonchev–Trinajstić information content (AvgIpc) is 2.49. The molecular weight excluding hydrogens is 365 g/mol. The highest BCUT2D eigenvalue weighted by Gasteiger charge is 2.33. The van der Waals surface area contributed by atoms with E-state index in [1.165, 1.54) is 12.8 Å². The Kier molecular flexibility index (Phi) is 4.94. The SMILES string of the molecule is CCC1(CC)CCN(C(=O)c2ccc(I)c(O)c2)CC1. The standard InChI is InChI=1S/C16H22INO2/c1-3-16(4-2)7-9-18(10-8-16)15(20)12-5-6-13(17)14(19)11-12/h5-6,11,19H,3-4,7-10H2,1-2H3. The molecule has 1 N–H and O–H groups in total. The molecular formula is C16H22INO2. The Bertz CT molecular complexity index is 487. The van der Waals surface area contributed by atoms with E-state index in [9.17, 15) is 9.90 Å². The minimum absolute atomic E-state index is 0.0394. The Morgan fingerprint density at radius 1 is 1.30 bits per heavy atom. The number of benzene rings is 1. The van der Waals surface area contributed by atoms with Crippen LogP contribution in [-0.2, 0) is 0 Å². The first-order valence-electron chi connectivity index (χ1n) is 7.29. The molecule has 0 unspecified atom stereocenters. The average molecular weight is 387 g/mol. The predicted molar refractivity (Wildman–Crippen MR) is 89.0 cm³/mol.